The van der Waals surface area contributed by atoms with Crippen LogP contribution in [0.5, 0.6) is 0 Å². The van der Waals surface area contributed by atoms with Crippen LogP contribution >= 0.6 is 0 Å². The summed E-state index contributed by atoms with van der Waals surface area (Å²) in [5.41, 5.74) is 1.02. The molecule has 0 bridgehead atoms. The molecule has 1 aliphatic heterocycles. The van der Waals surface area contributed by atoms with Gasteiger partial charge >= 0.3 is 0 Å². The zero-order valence-corrected chi connectivity index (χ0v) is 17.5. The summed E-state index contributed by atoms with van der Waals surface area (Å²) in [7, 11) is 0. The van der Waals surface area contributed by atoms with Gasteiger partial charge in [0.15, 0.2) is 0 Å². The Kier molecular flexibility index (Phi) is 10.2. The highest BCUT2D eigenvalue weighted by Crippen LogP contribution is 2.25. The smallest absolute Gasteiger partial charge is 0.256 e. The fourth-order valence-electron chi connectivity index (χ4n) is 3.61. The number of hydrogen-bond donors (Lipinski definition) is 1. The number of nitrogens with zero attached hydrogens (tertiary/aromatic N) is 2. The van der Waals surface area contributed by atoms with Crippen LogP contribution in [0.2, 0.25) is 0 Å². The van der Waals surface area contributed by atoms with E-state index in [9.17, 15) is 9.90 Å². The minimum Gasteiger partial charge on any atom is -0.478 e. The van der Waals surface area contributed by atoms with E-state index in [-0.39, 0.29) is 11.8 Å². The van der Waals surface area contributed by atoms with Crippen molar-refractivity contribution in [3.63, 3.8) is 0 Å². The standard InChI is InChI=1S/C23H36N2O3/c1-3-5-6-7-8-12-15-20(19-13-10-9-11-14-19)23(27)24-21-18-25(16-17-28-21)22(26)4-2/h9-11,13-14,20,22,26H,3-8,12,15-18H2,1-2H3. The SMILES string of the molecule is CCCCCCCCC(C(=O)N=C1CN(C(O)CC)CCO1)c1ccccc1. The number of hydrogen-bond acceptors (Lipinski definition) is 4. The van der Waals surface area contributed by atoms with Gasteiger partial charge in [-0.05, 0) is 18.4 Å². The molecule has 0 radical (unpaired) electrons. The molecule has 1 aromatic carbocycles. The zero-order valence-electron chi connectivity index (χ0n) is 17.5. The van der Waals surface area contributed by atoms with Crippen LogP contribution in [-0.4, -0.2) is 47.7 Å². The monoisotopic (exact) mass is 388 g/mol. The Morgan fingerprint density at radius 1 is 1.14 bits per heavy atom. The van der Waals surface area contributed by atoms with Crippen molar-refractivity contribution in [3.8, 4) is 0 Å². The van der Waals surface area contributed by atoms with E-state index in [1.165, 1.54) is 25.7 Å². The molecule has 0 aliphatic carbocycles. The molecule has 0 spiro atoms. The lowest BCUT2D eigenvalue weighted by molar-refractivity contribution is -0.119. The summed E-state index contributed by atoms with van der Waals surface area (Å²) >= 11 is 0. The maximum atomic E-state index is 13.0. The third-order valence-electron chi connectivity index (χ3n) is 5.35. The summed E-state index contributed by atoms with van der Waals surface area (Å²) in [5, 5.41) is 10.1. The fraction of sp³-hybridized carbons (Fsp3) is 0.652. The molecule has 0 aromatic heterocycles. The highest BCUT2D eigenvalue weighted by Gasteiger charge is 2.25. The van der Waals surface area contributed by atoms with Gasteiger partial charge in [-0.1, -0.05) is 82.7 Å². The molecule has 5 nitrogen and oxygen atoms in total. The van der Waals surface area contributed by atoms with Crippen molar-refractivity contribution >= 4 is 11.8 Å². The van der Waals surface area contributed by atoms with Gasteiger partial charge in [0.2, 0.25) is 5.90 Å². The number of ether oxygens (including phenoxy) is 1. The number of rotatable bonds is 11. The van der Waals surface area contributed by atoms with Crippen LogP contribution < -0.4 is 0 Å². The maximum absolute atomic E-state index is 13.0. The summed E-state index contributed by atoms with van der Waals surface area (Å²) < 4.78 is 5.61. The second-order valence-electron chi connectivity index (χ2n) is 7.57. The lowest BCUT2D eigenvalue weighted by Crippen LogP contribution is -2.45. The topological polar surface area (TPSA) is 62.1 Å². The molecule has 1 N–H and O–H groups in total. The molecular formula is C23H36N2O3. The lowest BCUT2D eigenvalue weighted by Gasteiger charge is -2.31. The van der Waals surface area contributed by atoms with Crippen LogP contribution in [0.1, 0.15) is 76.7 Å². The lowest BCUT2D eigenvalue weighted by atomic mass is 9.92. The van der Waals surface area contributed by atoms with Crippen molar-refractivity contribution < 1.29 is 14.6 Å². The maximum Gasteiger partial charge on any atom is 0.256 e. The molecule has 1 saturated heterocycles. The number of unbranched alkanes of at least 4 members (excludes halogenated alkanes) is 5. The molecule has 2 rings (SSSR count). The third-order valence-corrected chi connectivity index (χ3v) is 5.35. The highest BCUT2D eigenvalue weighted by atomic mass is 16.5. The van der Waals surface area contributed by atoms with Crippen molar-refractivity contribution in [3.05, 3.63) is 35.9 Å². The predicted octanol–water partition coefficient (Wildman–Crippen LogP) is 4.51. The number of aliphatic hydroxyl groups excluding tert-OH is 1. The zero-order chi connectivity index (χ0) is 20.2. The number of carbonyl (C=O) groups excluding carboxylic acids is 1. The molecule has 1 aromatic rings. The van der Waals surface area contributed by atoms with Crippen LogP contribution in [0.15, 0.2) is 35.3 Å². The van der Waals surface area contributed by atoms with Gasteiger partial charge in [-0.3, -0.25) is 9.69 Å². The summed E-state index contributed by atoms with van der Waals surface area (Å²) in [6.07, 6.45) is 8.15. The van der Waals surface area contributed by atoms with E-state index in [4.69, 9.17) is 4.74 Å². The number of carbonyl (C=O) groups is 1. The van der Waals surface area contributed by atoms with E-state index in [0.29, 0.717) is 32.0 Å². The molecule has 28 heavy (non-hydrogen) atoms. The summed E-state index contributed by atoms with van der Waals surface area (Å²) in [4.78, 5) is 19.2. The van der Waals surface area contributed by atoms with E-state index >= 15 is 0 Å². The number of aliphatic imine (C=N–C) groups is 1. The molecule has 1 aliphatic rings. The first-order valence-electron chi connectivity index (χ1n) is 10.9. The number of aliphatic hydroxyl groups is 1. The number of benzene rings is 1. The molecule has 156 valence electrons. The summed E-state index contributed by atoms with van der Waals surface area (Å²) in [5.74, 6) is 0.0603. The first kappa shape index (κ1) is 22.6. The van der Waals surface area contributed by atoms with Crippen molar-refractivity contribution in [2.24, 2.45) is 4.99 Å². The predicted molar refractivity (Wildman–Crippen MR) is 113 cm³/mol. The number of morpholine rings is 1. The van der Waals surface area contributed by atoms with Gasteiger partial charge in [0, 0.05) is 6.54 Å². The Labute approximate surface area is 169 Å². The molecule has 2 unspecified atom stereocenters. The Morgan fingerprint density at radius 3 is 2.57 bits per heavy atom. The van der Waals surface area contributed by atoms with Crippen molar-refractivity contribution in [1.29, 1.82) is 0 Å². The molecular weight excluding hydrogens is 352 g/mol. The first-order chi connectivity index (χ1) is 13.7. The van der Waals surface area contributed by atoms with Gasteiger partial charge in [-0.15, -0.1) is 0 Å². The molecule has 2 atom stereocenters. The van der Waals surface area contributed by atoms with Crippen LogP contribution in [0, 0.1) is 0 Å². The van der Waals surface area contributed by atoms with Gasteiger partial charge in [0.1, 0.15) is 12.8 Å². The second-order valence-corrected chi connectivity index (χ2v) is 7.57. The van der Waals surface area contributed by atoms with Crippen molar-refractivity contribution in [2.75, 3.05) is 19.7 Å². The Morgan fingerprint density at radius 2 is 1.86 bits per heavy atom. The first-order valence-corrected chi connectivity index (χ1v) is 10.9. The van der Waals surface area contributed by atoms with Gasteiger partial charge in [0.25, 0.3) is 5.91 Å². The minimum atomic E-state index is -0.516. The summed E-state index contributed by atoms with van der Waals surface area (Å²) in [6, 6.07) is 9.93. The van der Waals surface area contributed by atoms with Gasteiger partial charge in [-0.25, -0.2) is 0 Å². The summed E-state index contributed by atoms with van der Waals surface area (Å²) in [6.45, 7) is 5.66. The second kappa shape index (κ2) is 12.7. The Hall–Kier alpha value is -1.72. The van der Waals surface area contributed by atoms with Crippen LogP contribution in [0.3, 0.4) is 0 Å². The van der Waals surface area contributed by atoms with E-state index in [0.717, 1.165) is 24.8 Å². The molecule has 1 heterocycles. The van der Waals surface area contributed by atoms with Gasteiger partial charge in [-0.2, -0.15) is 4.99 Å². The van der Waals surface area contributed by atoms with E-state index < -0.39 is 6.23 Å². The van der Waals surface area contributed by atoms with E-state index in [1.807, 2.05) is 42.2 Å². The van der Waals surface area contributed by atoms with Crippen molar-refractivity contribution in [1.82, 2.24) is 4.90 Å². The third kappa shape index (κ3) is 7.36. The van der Waals surface area contributed by atoms with Crippen LogP contribution in [0.4, 0.5) is 0 Å². The van der Waals surface area contributed by atoms with Gasteiger partial charge in [0.05, 0.1) is 12.5 Å². The molecule has 1 fully saturated rings. The van der Waals surface area contributed by atoms with E-state index in [2.05, 4.69) is 11.9 Å². The average molecular weight is 389 g/mol. The Bertz CT molecular complexity index is 603. The van der Waals surface area contributed by atoms with Crippen LogP contribution in [0.25, 0.3) is 0 Å². The quantitative estimate of drug-likeness (QED) is 0.567. The van der Waals surface area contributed by atoms with E-state index in [1.54, 1.807) is 0 Å². The average Bonchev–Trinajstić information content (AvgIpc) is 2.73. The number of amides is 1. The fourth-order valence-corrected chi connectivity index (χ4v) is 3.61. The minimum absolute atomic E-state index is 0.136. The van der Waals surface area contributed by atoms with Crippen molar-refractivity contribution in [2.45, 2.75) is 77.4 Å². The molecule has 0 saturated carbocycles. The molecule has 1 amide bonds. The largest absolute Gasteiger partial charge is 0.478 e. The van der Waals surface area contributed by atoms with Gasteiger partial charge < -0.3 is 9.84 Å². The van der Waals surface area contributed by atoms with Crippen LogP contribution in [-0.2, 0) is 9.53 Å². The highest BCUT2D eigenvalue weighted by molar-refractivity contribution is 5.95. The Balaban J connectivity index is 2.00. The molecule has 5 heteroatoms. The normalized spacial score (nSPS) is 18.6.